The van der Waals surface area contributed by atoms with Gasteiger partial charge in [-0.2, -0.15) is 18.2 Å². The average molecular weight is 402 g/mol. The topological polar surface area (TPSA) is 122 Å². The number of aryl methyl sites for hydroxylation is 1. The van der Waals surface area contributed by atoms with Crippen LogP contribution in [0.3, 0.4) is 0 Å². The molecule has 0 unspecified atom stereocenters. The number of carbonyl (C=O) groups excluding carboxylic acids is 1. The number of nitrogens with zero attached hydrogens (tertiary/aromatic N) is 5. The number of rotatable bonds is 5. The summed E-state index contributed by atoms with van der Waals surface area (Å²) in [5, 5.41) is 10.8. The molecule has 3 heterocycles. The second kappa shape index (κ2) is 7.48. The molecule has 2 amide bonds. The second-order valence-electron chi connectivity index (χ2n) is 6.09. The van der Waals surface area contributed by atoms with Gasteiger partial charge in [0.05, 0.1) is 6.54 Å². The Kier molecular flexibility index (Phi) is 5.25. The molecule has 0 spiro atoms. The molecule has 0 bridgehead atoms. The molecule has 1 fully saturated rings. The lowest BCUT2D eigenvalue weighted by Gasteiger charge is -2.13. The first kappa shape index (κ1) is 19.6. The van der Waals surface area contributed by atoms with E-state index >= 15 is 0 Å². The number of imidazole rings is 1. The number of likely N-dealkylation sites (tertiary alicyclic amines) is 1. The number of ether oxygens (including phenoxy) is 1. The van der Waals surface area contributed by atoms with Crippen molar-refractivity contribution in [3.05, 3.63) is 12.2 Å². The van der Waals surface area contributed by atoms with Crippen LogP contribution < -0.4 is 10.1 Å². The van der Waals surface area contributed by atoms with Gasteiger partial charge in [-0.15, -0.1) is 0 Å². The zero-order chi connectivity index (χ0) is 20.5. The molecule has 3 rings (SSSR count). The van der Waals surface area contributed by atoms with Crippen molar-refractivity contribution in [1.29, 1.82) is 0 Å². The highest BCUT2D eigenvalue weighted by atomic mass is 19.4. The van der Waals surface area contributed by atoms with Crippen molar-refractivity contribution < 1.29 is 32.6 Å². The minimum atomic E-state index is -4.55. The van der Waals surface area contributed by atoms with Gasteiger partial charge in [0.25, 0.3) is 5.91 Å². The zero-order valence-electron chi connectivity index (χ0n) is 14.7. The van der Waals surface area contributed by atoms with Gasteiger partial charge in [0, 0.05) is 19.5 Å². The van der Waals surface area contributed by atoms with Gasteiger partial charge in [0.1, 0.15) is 19.0 Å². The maximum absolute atomic E-state index is 12.4. The Hall–Kier alpha value is -3.12. The molecule has 1 saturated heterocycles. The molecule has 0 saturated carbocycles. The summed E-state index contributed by atoms with van der Waals surface area (Å²) in [6, 6.07) is 0. The van der Waals surface area contributed by atoms with Gasteiger partial charge in [-0.25, -0.2) is 14.8 Å². The Bertz CT molecular complexity index is 900. The summed E-state index contributed by atoms with van der Waals surface area (Å²) in [4.78, 5) is 36.5. The fraction of sp³-hybridized carbons (Fsp3) is 0.533. The predicted molar refractivity (Wildman–Crippen MR) is 88.0 cm³/mol. The van der Waals surface area contributed by atoms with Gasteiger partial charge < -0.3 is 24.6 Å². The van der Waals surface area contributed by atoms with E-state index in [0.29, 0.717) is 13.0 Å². The summed E-state index contributed by atoms with van der Waals surface area (Å²) in [7, 11) is 0. The van der Waals surface area contributed by atoms with E-state index in [0.717, 1.165) is 0 Å². The number of amides is 2. The minimum Gasteiger partial charge on any atom is -0.471 e. The molecule has 0 radical (unpaired) electrons. The average Bonchev–Trinajstić information content (AvgIpc) is 3.24. The largest absolute Gasteiger partial charge is 0.471 e. The SMILES string of the molecule is CCn1c(C(=O)NCC(F)(F)F)nc2c(O[C@H]3CCN(C(=O)O)C3)ncnc21. The van der Waals surface area contributed by atoms with Crippen molar-refractivity contribution in [1.82, 2.24) is 29.7 Å². The van der Waals surface area contributed by atoms with Crippen molar-refractivity contribution in [3.8, 4) is 5.88 Å². The lowest BCUT2D eigenvalue weighted by molar-refractivity contribution is -0.123. The third-order valence-corrected chi connectivity index (χ3v) is 4.16. The monoisotopic (exact) mass is 402 g/mol. The van der Waals surface area contributed by atoms with Crippen LogP contribution in [0.2, 0.25) is 0 Å². The standard InChI is InChI=1S/C15H17F3N6O4/c1-2-24-10-9(22-11(24)12(25)19-6-15(16,17)18)13(21-7-20-10)28-8-3-4-23(5-8)14(26)27/h7-8H,2-6H2,1H3,(H,19,25)(H,26,27)/t8-/m0/s1. The molecule has 1 atom stereocenters. The number of carbonyl (C=O) groups is 2. The van der Waals surface area contributed by atoms with E-state index in [4.69, 9.17) is 9.84 Å². The zero-order valence-corrected chi connectivity index (χ0v) is 14.7. The highest BCUT2D eigenvalue weighted by Gasteiger charge is 2.31. The Morgan fingerprint density at radius 1 is 1.39 bits per heavy atom. The van der Waals surface area contributed by atoms with Crippen LogP contribution in [0.4, 0.5) is 18.0 Å². The Morgan fingerprint density at radius 3 is 2.75 bits per heavy atom. The molecular formula is C15H17F3N6O4. The van der Waals surface area contributed by atoms with Gasteiger partial charge in [-0.1, -0.05) is 0 Å². The van der Waals surface area contributed by atoms with Gasteiger partial charge in [0.15, 0.2) is 11.2 Å². The third kappa shape index (κ3) is 4.07. The number of nitrogens with one attached hydrogen (secondary N) is 1. The van der Waals surface area contributed by atoms with Crippen LogP contribution in [0.5, 0.6) is 5.88 Å². The van der Waals surface area contributed by atoms with Crippen molar-refractivity contribution in [2.24, 2.45) is 0 Å². The summed E-state index contributed by atoms with van der Waals surface area (Å²) < 4.78 is 44.2. The van der Waals surface area contributed by atoms with E-state index in [-0.39, 0.29) is 36.0 Å². The van der Waals surface area contributed by atoms with Crippen LogP contribution in [-0.4, -0.2) is 73.4 Å². The molecule has 2 aromatic heterocycles. The molecule has 152 valence electrons. The number of hydrogen-bond acceptors (Lipinski definition) is 6. The summed E-state index contributed by atoms with van der Waals surface area (Å²) >= 11 is 0. The fourth-order valence-electron chi connectivity index (χ4n) is 2.89. The number of fused-ring (bicyclic) bond motifs is 1. The van der Waals surface area contributed by atoms with Crippen LogP contribution in [0.1, 0.15) is 24.0 Å². The molecular weight excluding hydrogens is 385 g/mol. The summed E-state index contributed by atoms with van der Waals surface area (Å²) in [5.74, 6) is -1.20. The minimum absolute atomic E-state index is 0.0410. The number of aromatic nitrogens is 4. The van der Waals surface area contributed by atoms with Crippen LogP contribution in [0, 0.1) is 0 Å². The van der Waals surface area contributed by atoms with Gasteiger partial charge in [0.2, 0.25) is 11.7 Å². The highest BCUT2D eigenvalue weighted by Crippen LogP contribution is 2.25. The lowest BCUT2D eigenvalue weighted by atomic mass is 10.3. The Morgan fingerprint density at radius 2 is 2.14 bits per heavy atom. The van der Waals surface area contributed by atoms with Gasteiger partial charge in [-0.05, 0) is 6.92 Å². The van der Waals surface area contributed by atoms with E-state index in [1.807, 2.05) is 0 Å². The molecule has 0 aliphatic carbocycles. The maximum atomic E-state index is 12.4. The van der Waals surface area contributed by atoms with Gasteiger partial charge in [-0.3, -0.25) is 4.79 Å². The molecule has 10 nitrogen and oxygen atoms in total. The van der Waals surface area contributed by atoms with Crippen LogP contribution in [0.15, 0.2) is 6.33 Å². The smallest absolute Gasteiger partial charge is 0.407 e. The van der Waals surface area contributed by atoms with Crippen LogP contribution >= 0.6 is 0 Å². The maximum Gasteiger partial charge on any atom is 0.407 e. The van der Waals surface area contributed by atoms with Crippen LogP contribution in [0.25, 0.3) is 11.2 Å². The quantitative estimate of drug-likeness (QED) is 0.772. The second-order valence-corrected chi connectivity index (χ2v) is 6.09. The summed E-state index contributed by atoms with van der Waals surface area (Å²) in [5.41, 5.74) is 0.355. The predicted octanol–water partition coefficient (Wildman–Crippen LogP) is 1.27. The number of alkyl halides is 3. The van der Waals surface area contributed by atoms with E-state index in [9.17, 15) is 22.8 Å². The Labute approximate surface area is 156 Å². The summed E-state index contributed by atoms with van der Waals surface area (Å²) in [6.07, 6.45) is -4.43. The normalized spacial score (nSPS) is 17.1. The number of carboxylic acid groups (broad SMARTS) is 1. The van der Waals surface area contributed by atoms with E-state index in [2.05, 4.69) is 15.0 Å². The van der Waals surface area contributed by atoms with Gasteiger partial charge >= 0.3 is 12.3 Å². The van der Waals surface area contributed by atoms with Crippen molar-refractivity contribution in [3.63, 3.8) is 0 Å². The van der Waals surface area contributed by atoms with E-state index in [1.165, 1.54) is 15.8 Å². The van der Waals surface area contributed by atoms with Crippen molar-refractivity contribution in [2.75, 3.05) is 19.6 Å². The number of halogens is 3. The van der Waals surface area contributed by atoms with Crippen LogP contribution in [-0.2, 0) is 6.54 Å². The molecule has 2 aromatic rings. The lowest BCUT2D eigenvalue weighted by Crippen LogP contribution is -2.35. The Balaban J connectivity index is 1.87. The molecule has 2 N–H and O–H groups in total. The molecule has 1 aliphatic heterocycles. The van der Waals surface area contributed by atoms with E-state index in [1.54, 1.807) is 12.2 Å². The van der Waals surface area contributed by atoms with E-state index < -0.39 is 30.8 Å². The molecule has 13 heteroatoms. The highest BCUT2D eigenvalue weighted by molar-refractivity contribution is 5.95. The first-order valence-electron chi connectivity index (χ1n) is 8.40. The van der Waals surface area contributed by atoms with Crippen molar-refractivity contribution in [2.45, 2.75) is 32.2 Å². The molecule has 1 aliphatic rings. The molecule has 28 heavy (non-hydrogen) atoms. The molecule has 0 aromatic carbocycles. The summed E-state index contributed by atoms with van der Waals surface area (Å²) in [6.45, 7) is 0.891. The third-order valence-electron chi connectivity index (χ3n) is 4.16. The first-order valence-corrected chi connectivity index (χ1v) is 8.40. The number of hydrogen-bond donors (Lipinski definition) is 2. The van der Waals surface area contributed by atoms with Crippen molar-refractivity contribution >= 4 is 23.2 Å². The fourth-order valence-corrected chi connectivity index (χ4v) is 2.89. The first-order chi connectivity index (χ1) is 13.2.